The third-order valence-corrected chi connectivity index (χ3v) is 6.65. The van der Waals surface area contributed by atoms with Gasteiger partial charge in [-0.05, 0) is 17.7 Å². The van der Waals surface area contributed by atoms with Gasteiger partial charge in [0.15, 0.2) is 11.7 Å². The lowest BCUT2D eigenvalue weighted by Crippen LogP contribution is -2.48. The first-order valence-electron chi connectivity index (χ1n) is 11.0. The van der Waals surface area contributed by atoms with Crippen molar-refractivity contribution in [2.45, 2.75) is 31.2 Å². The monoisotopic (exact) mass is 493 g/mol. The van der Waals surface area contributed by atoms with Gasteiger partial charge in [0.2, 0.25) is 0 Å². The molecule has 1 N–H and O–H groups in total. The number of fused-ring (bicyclic) bond motifs is 1. The van der Waals surface area contributed by atoms with E-state index in [9.17, 15) is 18.0 Å². The summed E-state index contributed by atoms with van der Waals surface area (Å²) in [6.45, 7) is 2.95. The lowest BCUT2D eigenvalue weighted by atomic mass is 10.0. The van der Waals surface area contributed by atoms with Gasteiger partial charge in [-0.1, -0.05) is 41.9 Å². The standard InChI is InChI=1S/C23H23ClF3N5O2/c24-19-20(22(33)31-10-8-30(9-11-31)14-15-5-2-1-3-6-15)29-32-18(23(25,26)27)13-16(28-21(19)32)17-7-4-12-34-17/h1-7,12,16,18,28H,8-11,13-14H2/t16-,18-/m1/s1. The van der Waals surface area contributed by atoms with Crippen LogP contribution in [-0.2, 0) is 6.54 Å². The second kappa shape index (κ2) is 8.99. The number of hydrogen-bond acceptors (Lipinski definition) is 5. The zero-order valence-electron chi connectivity index (χ0n) is 18.1. The molecule has 4 heterocycles. The van der Waals surface area contributed by atoms with Crippen molar-refractivity contribution in [2.24, 2.45) is 0 Å². The molecule has 2 aliphatic rings. The highest BCUT2D eigenvalue weighted by atomic mass is 35.5. The second-order valence-electron chi connectivity index (χ2n) is 8.52. The van der Waals surface area contributed by atoms with Crippen molar-refractivity contribution in [3.05, 3.63) is 70.8 Å². The Morgan fingerprint density at radius 1 is 1.12 bits per heavy atom. The number of anilines is 1. The Hall–Kier alpha value is -2.98. The van der Waals surface area contributed by atoms with Crippen LogP contribution in [0, 0.1) is 0 Å². The average molecular weight is 494 g/mol. The molecule has 34 heavy (non-hydrogen) atoms. The van der Waals surface area contributed by atoms with Crippen LogP contribution in [0.1, 0.15) is 40.3 Å². The van der Waals surface area contributed by atoms with Crippen LogP contribution in [0.2, 0.25) is 5.02 Å². The zero-order valence-corrected chi connectivity index (χ0v) is 18.9. The van der Waals surface area contributed by atoms with Crippen LogP contribution in [0.15, 0.2) is 53.1 Å². The topological polar surface area (TPSA) is 66.5 Å². The molecule has 0 unspecified atom stereocenters. The Morgan fingerprint density at radius 2 is 1.85 bits per heavy atom. The van der Waals surface area contributed by atoms with E-state index in [1.165, 1.54) is 11.8 Å². The number of benzene rings is 1. The first-order valence-corrected chi connectivity index (χ1v) is 11.4. The summed E-state index contributed by atoms with van der Waals surface area (Å²) in [7, 11) is 0. The van der Waals surface area contributed by atoms with E-state index in [0.717, 1.165) is 11.2 Å². The van der Waals surface area contributed by atoms with Gasteiger partial charge in [0.1, 0.15) is 16.6 Å². The molecule has 0 radical (unpaired) electrons. The molecule has 0 saturated carbocycles. The van der Waals surface area contributed by atoms with E-state index in [1.54, 1.807) is 17.0 Å². The maximum Gasteiger partial charge on any atom is 0.410 e. The Morgan fingerprint density at radius 3 is 2.50 bits per heavy atom. The number of amides is 1. The lowest BCUT2D eigenvalue weighted by molar-refractivity contribution is -0.174. The van der Waals surface area contributed by atoms with Crippen molar-refractivity contribution in [3.63, 3.8) is 0 Å². The number of furan rings is 1. The molecule has 1 amide bonds. The van der Waals surface area contributed by atoms with Gasteiger partial charge in [-0.2, -0.15) is 18.3 Å². The minimum atomic E-state index is -4.57. The van der Waals surface area contributed by atoms with Crippen LogP contribution in [0.25, 0.3) is 0 Å². The molecule has 3 aromatic rings. The fraction of sp³-hybridized carbons (Fsp3) is 0.391. The highest BCUT2D eigenvalue weighted by Crippen LogP contribution is 2.46. The number of nitrogens with zero attached hydrogens (tertiary/aromatic N) is 4. The summed E-state index contributed by atoms with van der Waals surface area (Å²) in [6, 6.07) is 10.6. The van der Waals surface area contributed by atoms with Gasteiger partial charge < -0.3 is 14.6 Å². The van der Waals surface area contributed by atoms with Gasteiger partial charge >= 0.3 is 6.18 Å². The van der Waals surface area contributed by atoms with Crippen molar-refractivity contribution in [1.82, 2.24) is 19.6 Å². The highest BCUT2D eigenvalue weighted by molar-refractivity contribution is 6.36. The van der Waals surface area contributed by atoms with Crippen molar-refractivity contribution >= 4 is 23.3 Å². The Labute approximate surface area is 199 Å². The molecule has 1 saturated heterocycles. The van der Waals surface area contributed by atoms with E-state index in [0.29, 0.717) is 31.9 Å². The lowest BCUT2D eigenvalue weighted by Gasteiger charge is -2.34. The number of alkyl halides is 3. The minimum Gasteiger partial charge on any atom is -0.467 e. The van der Waals surface area contributed by atoms with Crippen molar-refractivity contribution in [1.29, 1.82) is 0 Å². The van der Waals surface area contributed by atoms with Gasteiger partial charge in [0, 0.05) is 39.1 Å². The fourth-order valence-electron chi connectivity index (χ4n) is 4.50. The molecule has 2 atom stereocenters. The number of hydrogen-bond donors (Lipinski definition) is 1. The SMILES string of the molecule is O=C(c1nn2c(c1Cl)N[C@@H](c1ccco1)C[C@@H]2C(F)(F)F)N1CCN(Cc2ccccc2)CC1. The third-order valence-electron chi connectivity index (χ3n) is 6.29. The zero-order chi connectivity index (χ0) is 23.9. The predicted octanol–water partition coefficient (Wildman–Crippen LogP) is 4.75. The van der Waals surface area contributed by atoms with Gasteiger partial charge in [0.25, 0.3) is 5.91 Å². The maximum absolute atomic E-state index is 13.9. The molecule has 1 aromatic carbocycles. The first kappa shape index (κ1) is 22.8. The molecule has 2 aromatic heterocycles. The summed E-state index contributed by atoms with van der Waals surface area (Å²) < 4.78 is 47.8. The molecule has 1 fully saturated rings. The second-order valence-corrected chi connectivity index (χ2v) is 8.89. The maximum atomic E-state index is 13.9. The Kier molecular flexibility index (Phi) is 6.03. The first-order chi connectivity index (χ1) is 16.3. The van der Waals surface area contributed by atoms with Crippen LogP contribution in [-0.4, -0.2) is 57.8 Å². The molecular weight excluding hydrogens is 471 g/mol. The number of piperazine rings is 1. The van der Waals surface area contributed by atoms with Crippen LogP contribution >= 0.6 is 11.6 Å². The normalized spacial score (nSPS) is 21.2. The Balaban J connectivity index is 1.34. The molecule has 0 spiro atoms. The van der Waals surface area contributed by atoms with Gasteiger partial charge in [-0.25, -0.2) is 4.68 Å². The van der Waals surface area contributed by atoms with Crippen LogP contribution in [0.3, 0.4) is 0 Å². The largest absolute Gasteiger partial charge is 0.467 e. The van der Waals surface area contributed by atoms with E-state index in [4.69, 9.17) is 16.0 Å². The molecular formula is C23H23ClF3N5O2. The smallest absolute Gasteiger partial charge is 0.410 e. The van der Waals surface area contributed by atoms with Crippen LogP contribution in [0.4, 0.5) is 19.0 Å². The summed E-state index contributed by atoms with van der Waals surface area (Å²) >= 11 is 6.43. The van der Waals surface area contributed by atoms with E-state index >= 15 is 0 Å². The average Bonchev–Trinajstić information content (AvgIpc) is 3.47. The number of rotatable bonds is 4. The van der Waals surface area contributed by atoms with Gasteiger partial charge in [0.05, 0.1) is 12.3 Å². The number of carbonyl (C=O) groups excluding carboxylic acids is 1. The highest BCUT2D eigenvalue weighted by Gasteiger charge is 2.48. The quantitative estimate of drug-likeness (QED) is 0.568. The van der Waals surface area contributed by atoms with E-state index in [1.807, 2.05) is 30.3 Å². The van der Waals surface area contributed by atoms with E-state index in [2.05, 4.69) is 15.3 Å². The Bertz CT molecular complexity index is 1140. The molecule has 2 aliphatic heterocycles. The van der Waals surface area contributed by atoms with Crippen LogP contribution in [0.5, 0.6) is 0 Å². The van der Waals surface area contributed by atoms with Crippen molar-refractivity contribution < 1.29 is 22.4 Å². The molecule has 11 heteroatoms. The number of nitrogens with one attached hydrogen (secondary N) is 1. The number of aromatic nitrogens is 2. The van der Waals surface area contributed by atoms with E-state index in [-0.39, 0.29) is 23.0 Å². The van der Waals surface area contributed by atoms with Crippen LogP contribution < -0.4 is 5.32 Å². The fourth-order valence-corrected chi connectivity index (χ4v) is 4.76. The molecule has 5 rings (SSSR count). The number of halogens is 4. The molecule has 7 nitrogen and oxygen atoms in total. The van der Waals surface area contributed by atoms with Crippen molar-refractivity contribution in [2.75, 3.05) is 31.5 Å². The summed E-state index contributed by atoms with van der Waals surface area (Å²) in [6.07, 6.45) is -3.49. The summed E-state index contributed by atoms with van der Waals surface area (Å²) in [5.74, 6) is -0.133. The summed E-state index contributed by atoms with van der Waals surface area (Å²) in [5.41, 5.74) is 1.01. The summed E-state index contributed by atoms with van der Waals surface area (Å²) in [4.78, 5) is 17.0. The van der Waals surface area contributed by atoms with Crippen molar-refractivity contribution in [3.8, 4) is 0 Å². The van der Waals surface area contributed by atoms with Gasteiger partial charge in [-0.15, -0.1) is 0 Å². The summed E-state index contributed by atoms with van der Waals surface area (Å²) in [5, 5.41) is 6.91. The predicted molar refractivity (Wildman–Crippen MR) is 120 cm³/mol. The minimum absolute atomic E-state index is 0.0253. The van der Waals surface area contributed by atoms with Gasteiger partial charge in [-0.3, -0.25) is 9.69 Å². The molecule has 0 bridgehead atoms. The third kappa shape index (κ3) is 4.39. The number of carbonyl (C=O) groups is 1. The molecule has 180 valence electrons. The molecule has 0 aliphatic carbocycles. The van der Waals surface area contributed by atoms with E-state index < -0.39 is 24.2 Å².